The Kier molecular flexibility index (Phi) is 6.63. The van der Waals surface area contributed by atoms with Crippen molar-refractivity contribution in [3.8, 4) is 0 Å². The maximum atomic E-state index is 12.7. The Balaban J connectivity index is 1.83. The van der Waals surface area contributed by atoms with Crippen LogP contribution in [-0.2, 0) is 6.42 Å². The van der Waals surface area contributed by atoms with Crippen LogP contribution in [0.3, 0.4) is 0 Å². The second-order valence-corrected chi connectivity index (χ2v) is 8.15. The lowest BCUT2D eigenvalue weighted by Gasteiger charge is -2.26. The van der Waals surface area contributed by atoms with E-state index in [1.165, 1.54) is 22.3 Å². The summed E-state index contributed by atoms with van der Waals surface area (Å²) in [5.74, 6) is 0.0918. The van der Waals surface area contributed by atoms with Crippen LogP contribution in [0, 0.1) is 13.8 Å². The molecule has 0 saturated carbocycles. The molecule has 3 nitrogen and oxygen atoms in total. The van der Waals surface area contributed by atoms with Gasteiger partial charge in [-0.2, -0.15) is 0 Å². The second-order valence-electron chi connectivity index (χ2n) is 7.34. The number of nitrogens with zero attached hydrogens (tertiary/aromatic N) is 1. The van der Waals surface area contributed by atoms with Crippen LogP contribution in [-0.4, -0.2) is 16.9 Å². The lowest BCUT2D eigenvalue weighted by molar-refractivity contribution is 0.0934. The third kappa shape index (κ3) is 5.29. The van der Waals surface area contributed by atoms with E-state index in [0.717, 1.165) is 6.42 Å². The summed E-state index contributed by atoms with van der Waals surface area (Å²) < 4.78 is 0.655. The second kappa shape index (κ2) is 9.16. The van der Waals surface area contributed by atoms with Crippen LogP contribution < -0.4 is 5.32 Å². The van der Waals surface area contributed by atoms with Gasteiger partial charge in [-0.25, -0.2) is 4.98 Å². The molecule has 0 radical (unpaired) electrons. The predicted octanol–water partition coefficient (Wildman–Crippen LogP) is 5.61. The number of amides is 1. The summed E-state index contributed by atoms with van der Waals surface area (Å²) >= 11 is 3.33. The molecule has 0 spiro atoms. The Morgan fingerprint density at radius 1 is 1.00 bits per heavy atom. The quantitative estimate of drug-likeness (QED) is 0.510. The highest BCUT2D eigenvalue weighted by Gasteiger charge is 2.22. The first-order chi connectivity index (χ1) is 13.4. The predicted molar refractivity (Wildman–Crippen MR) is 118 cm³/mol. The summed E-state index contributed by atoms with van der Waals surface area (Å²) in [5.41, 5.74) is 5.59. The summed E-state index contributed by atoms with van der Waals surface area (Å²) in [4.78, 5) is 16.8. The zero-order valence-corrected chi connectivity index (χ0v) is 18.0. The summed E-state index contributed by atoms with van der Waals surface area (Å²) in [6, 6.07) is 20.7. The zero-order valence-electron chi connectivity index (χ0n) is 16.4. The van der Waals surface area contributed by atoms with Crippen molar-refractivity contribution in [2.75, 3.05) is 0 Å². The minimum absolute atomic E-state index is 0.0246. The van der Waals surface area contributed by atoms with E-state index in [2.05, 4.69) is 95.5 Å². The maximum absolute atomic E-state index is 12.7. The number of pyridine rings is 1. The van der Waals surface area contributed by atoms with Gasteiger partial charge in [0.15, 0.2) is 0 Å². The largest absolute Gasteiger partial charge is 0.349 e. The van der Waals surface area contributed by atoms with Crippen molar-refractivity contribution in [2.45, 2.75) is 39.2 Å². The standard InChI is InChI=1S/C24H25BrN2O/c1-16-4-8-19(9-5-16)14-22(20-10-6-17(2)7-11-20)18(3)27-24(28)21-12-13-26-23(25)15-21/h4-13,15,18,22H,14H2,1-3H3,(H,27,28)/t18?,22-/m0/s1. The van der Waals surface area contributed by atoms with E-state index in [1.54, 1.807) is 18.3 Å². The van der Waals surface area contributed by atoms with E-state index < -0.39 is 0 Å². The third-order valence-corrected chi connectivity index (χ3v) is 5.47. The van der Waals surface area contributed by atoms with Gasteiger partial charge < -0.3 is 5.32 Å². The smallest absolute Gasteiger partial charge is 0.251 e. The SMILES string of the molecule is Cc1ccc(C[C@H](c2ccc(C)cc2)C(C)NC(=O)c2ccnc(Br)c2)cc1. The number of carbonyl (C=O) groups excluding carboxylic acids is 1. The average molecular weight is 437 g/mol. The molecule has 1 unspecified atom stereocenters. The van der Waals surface area contributed by atoms with E-state index in [9.17, 15) is 4.79 Å². The van der Waals surface area contributed by atoms with Crippen molar-refractivity contribution in [3.05, 3.63) is 99.3 Å². The molecule has 1 aromatic heterocycles. The van der Waals surface area contributed by atoms with Crippen LogP contribution in [0.2, 0.25) is 0 Å². The minimum Gasteiger partial charge on any atom is -0.349 e. The van der Waals surface area contributed by atoms with Gasteiger partial charge in [0.2, 0.25) is 0 Å². The Hall–Kier alpha value is -2.46. The first kappa shape index (κ1) is 20.3. The van der Waals surface area contributed by atoms with Crippen molar-refractivity contribution < 1.29 is 4.79 Å². The molecule has 0 aliphatic heterocycles. The fourth-order valence-corrected chi connectivity index (χ4v) is 3.67. The van der Waals surface area contributed by atoms with Crippen LogP contribution in [0.1, 0.15) is 45.5 Å². The number of aryl methyl sites for hydroxylation is 2. The summed E-state index contributed by atoms with van der Waals surface area (Å²) in [6.07, 6.45) is 2.50. The van der Waals surface area contributed by atoms with Crippen LogP contribution in [0.5, 0.6) is 0 Å². The highest BCUT2D eigenvalue weighted by atomic mass is 79.9. The first-order valence-corrected chi connectivity index (χ1v) is 10.3. The Bertz CT molecular complexity index is 936. The van der Waals surface area contributed by atoms with Crippen molar-refractivity contribution in [2.24, 2.45) is 0 Å². The van der Waals surface area contributed by atoms with Gasteiger partial charge in [-0.15, -0.1) is 0 Å². The van der Waals surface area contributed by atoms with Gasteiger partial charge in [-0.1, -0.05) is 59.7 Å². The zero-order chi connectivity index (χ0) is 20.1. The van der Waals surface area contributed by atoms with Crippen LogP contribution in [0.15, 0.2) is 71.5 Å². The number of halogens is 1. The Morgan fingerprint density at radius 3 is 2.21 bits per heavy atom. The molecule has 3 rings (SSSR count). The lowest BCUT2D eigenvalue weighted by atomic mass is 9.86. The molecule has 28 heavy (non-hydrogen) atoms. The highest BCUT2D eigenvalue weighted by molar-refractivity contribution is 9.10. The highest BCUT2D eigenvalue weighted by Crippen LogP contribution is 2.26. The molecule has 0 aliphatic carbocycles. The molecule has 0 saturated heterocycles. The average Bonchev–Trinajstić information content (AvgIpc) is 2.68. The fraction of sp³-hybridized carbons (Fsp3) is 0.250. The van der Waals surface area contributed by atoms with Crippen LogP contribution >= 0.6 is 15.9 Å². The van der Waals surface area contributed by atoms with E-state index in [0.29, 0.717) is 10.2 Å². The fourth-order valence-electron chi connectivity index (χ4n) is 3.31. The molecule has 4 heteroatoms. The number of benzene rings is 2. The summed E-state index contributed by atoms with van der Waals surface area (Å²) in [5, 5.41) is 3.18. The number of hydrogen-bond donors (Lipinski definition) is 1. The third-order valence-electron chi connectivity index (χ3n) is 5.03. The molecule has 0 fully saturated rings. The van der Waals surface area contributed by atoms with Gasteiger partial charge in [0.25, 0.3) is 5.91 Å². The first-order valence-electron chi connectivity index (χ1n) is 9.47. The molecule has 1 amide bonds. The summed E-state index contributed by atoms with van der Waals surface area (Å²) in [7, 11) is 0. The number of rotatable bonds is 6. The molecule has 2 atom stereocenters. The van der Waals surface area contributed by atoms with Crippen molar-refractivity contribution in [1.29, 1.82) is 0 Å². The Morgan fingerprint density at radius 2 is 1.61 bits per heavy atom. The monoisotopic (exact) mass is 436 g/mol. The molecule has 2 aromatic carbocycles. The van der Waals surface area contributed by atoms with Gasteiger partial charge in [0.1, 0.15) is 4.60 Å². The summed E-state index contributed by atoms with van der Waals surface area (Å²) in [6.45, 7) is 6.26. The minimum atomic E-state index is -0.0865. The van der Waals surface area contributed by atoms with E-state index in [-0.39, 0.29) is 17.9 Å². The molecule has 1 heterocycles. The number of carbonyl (C=O) groups is 1. The van der Waals surface area contributed by atoms with Gasteiger partial charge in [-0.3, -0.25) is 4.79 Å². The van der Waals surface area contributed by atoms with Crippen molar-refractivity contribution in [3.63, 3.8) is 0 Å². The van der Waals surface area contributed by atoms with Gasteiger partial charge in [0, 0.05) is 23.7 Å². The normalized spacial score (nSPS) is 13.0. The van der Waals surface area contributed by atoms with Crippen molar-refractivity contribution in [1.82, 2.24) is 10.3 Å². The topological polar surface area (TPSA) is 42.0 Å². The van der Waals surface area contributed by atoms with Gasteiger partial charge in [-0.05, 0) is 66.4 Å². The van der Waals surface area contributed by atoms with Gasteiger partial charge in [0.05, 0.1) is 0 Å². The molecular weight excluding hydrogens is 412 g/mol. The number of hydrogen-bond acceptors (Lipinski definition) is 2. The number of aromatic nitrogens is 1. The molecular formula is C24H25BrN2O. The van der Waals surface area contributed by atoms with E-state index in [1.807, 2.05) is 0 Å². The van der Waals surface area contributed by atoms with Crippen LogP contribution in [0.4, 0.5) is 0 Å². The maximum Gasteiger partial charge on any atom is 0.251 e. The van der Waals surface area contributed by atoms with E-state index >= 15 is 0 Å². The molecule has 1 N–H and O–H groups in total. The molecule has 0 bridgehead atoms. The molecule has 0 aliphatic rings. The van der Waals surface area contributed by atoms with Crippen LogP contribution in [0.25, 0.3) is 0 Å². The lowest BCUT2D eigenvalue weighted by Crippen LogP contribution is -2.38. The molecule has 144 valence electrons. The van der Waals surface area contributed by atoms with Gasteiger partial charge >= 0.3 is 0 Å². The van der Waals surface area contributed by atoms with E-state index in [4.69, 9.17) is 0 Å². The van der Waals surface area contributed by atoms with Crippen molar-refractivity contribution >= 4 is 21.8 Å². The molecule has 3 aromatic rings. The number of nitrogens with one attached hydrogen (secondary N) is 1. The Labute approximate surface area is 175 Å².